The normalized spacial score (nSPS) is 23.6. The number of hydrogen-bond donors (Lipinski definition) is 2. The van der Waals surface area contributed by atoms with Crippen LogP contribution in [-0.2, 0) is 4.79 Å². The first-order valence-corrected chi connectivity index (χ1v) is 13.0. The van der Waals surface area contributed by atoms with Crippen LogP contribution in [0.1, 0.15) is 28.3 Å². The summed E-state index contributed by atoms with van der Waals surface area (Å²) in [6.07, 6.45) is 0.916. The summed E-state index contributed by atoms with van der Waals surface area (Å²) in [7, 11) is 0. The fourth-order valence-electron chi connectivity index (χ4n) is 3.73. The fourth-order valence-corrected chi connectivity index (χ4v) is 6.53. The van der Waals surface area contributed by atoms with E-state index < -0.39 is 22.1 Å². The number of carbonyl (C=O) groups is 2. The number of carbonyl (C=O) groups excluding carboxylic acids is 2. The molecule has 170 valence electrons. The molecule has 2 fully saturated rings. The molecule has 4 rings (SSSR count). The van der Waals surface area contributed by atoms with E-state index in [1.807, 2.05) is 0 Å². The van der Waals surface area contributed by atoms with Gasteiger partial charge in [0.1, 0.15) is 4.33 Å². The van der Waals surface area contributed by atoms with Crippen LogP contribution in [-0.4, -0.2) is 33.7 Å². The van der Waals surface area contributed by atoms with E-state index in [9.17, 15) is 9.59 Å². The highest BCUT2D eigenvalue weighted by molar-refractivity contribution is 7.99. The van der Waals surface area contributed by atoms with Crippen LogP contribution in [0.3, 0.4) is 0 Å². The number of halogens is 6. The molecule has 2 N–H and O–H groups in total. The van der Waals surface area contributed by atoms with Gasteiger partial charge in [-0.1, -0.05) is 46.4 Å². The first-order chi connectivity index (χ1) is 15.1. The van der Waals surface area contributed by atoms with E-state index in [-0.39, 0.29) is 32.6 Å². The fraction of sp³-hybridized carbons (Fsp3) is 0.333. The molecule has 0 radical (unpaired) electrons. The third-order valence-electron chi connectivity index (χ3n) is 5.44. The minimum absolute atomic E-state index is 0.111. The molecule has 0 spiro atoms. The molecule has 1 saturated carbocycles. The predicted molar refractivity (Wildman–Crippen MR) is 135 cm³/mol. The molecule has 4 nitrogen and oxygen atoms in total. The molecule has 1 aliphatic heterocycles. The van der Waals surface area contributed by atoms with Crippen molar-refractivity contribution in [1.29, 1.82) is 0 Å². The predicted octanol–water partition coefficient (Wildman–Crippen LogP) is 7.06. The second kappa shape index (κ2) is 9.61. The minimum Gasteiger partial charge on any atom is -0.348 e. The highest BCUT2D eigenvalue weighted by atomic mass is 35.5. The summed E-state index contributed by atoms with van der Waals surface area (Å²) in [6.45, 7) is 0. The van der Waals surface area contributed by atoms with Crippen molar-refractivity contribution in [2.45, 2.75) is 22.7 Å². The van der Waals surface area contributed by atoms with Gasteiger partial charge < -0.3 is 10.6 Å². The highest BCUT2D eigenvalue weighted by Gasteiger charge is 2.67. The quantitative estimate of drug-likeness (QED) is 0.298. The Morgan fingerprint density at radius 2 is 1.69 bits per heavy atom. The van der Waals surface area contributed by atoms with Gasteiger partial charge in [-0.25, -0.2) is 0 Å². The molecular weight excluding hydrogens is 557 g/mol. The molecule has 2 aliphatic rings. The monoisotopic (exact) mass is 570 g/mol. The van der Waals surface area contributed by atoms with Gasteiger partial charge in [-0.05, 0) is 48.1 Å². The lowest BCUT2D eigenvalue weighted by atomic mass is 10.1. The molecule has 0 bridgehead atoms. The Balaban J connectivity index is 1.49. The molecule has 1 heterocycles. The second-order valence-corrected chi connectivity index (χ2v) is 11.8. The lowest BCUT2D eigenvalue weighted by Crippen LogP contribution is -2.34. The summed E-state index contributed by atoms with van der Waals surface area (Å²) >= 11 is 39.1. The number of rotatable bonds is 5. The van der Waals surface area contributed by atoms with Crippen molar-refractivity contribution in [3.05, 3.63) is 61.5 Å². The second-order valence-electron chi connectivity index (χ2n) is 7.65. The number of thioether (sulfide) groups is 1. The Hall–Kier alpha value is -0.530. The molecule has 2 aromatic carbocycles. The maximum atomic E-state index is 12.9. The first kappa shape index (κ1) is 24.6. The molecule has 1 aliphatic carbocycles. The number of alkyl halides is 2. The van der Waals surface area contributed by atoms with E-state index in [1.165, 1.54) is 6.07 Å². The van der Waals surface area contributed by atoms with E-state index in [2.05, 4.69) is 10.6 Å². The smallest absolute Gasteiger partial charge is 0.253 e. The van der Waals surface area contributed by atoms with Crippen molar-refractivity contribution in [3.8, 4) is 0 Å². The van der Waals surface area contributed by atoms with E-state index in [0.29, 0.717) is 16.3 Å². The molecule has 0 aromatic heterocycles. The van der Waals surface area contributed by atoms with Gasteiger partial charge >= 0.3 is 0 Å². The lowest BCUT2D eigenvalue weighted by molar-refractivity contribution is -0.117. The first-order valence-electron chi connectivity index (χ1n) is 9.61. The van der Waals surface area contributed by atoms with Gasteiger partial charge in [0.2, 0.25) is 5.91 Å². The van der Waals surface area contributed by atoms with Crippen molar-refractivity contribution in [2.24, 2.45) is 5.92 Å². The third kappa shape index (κ3) is 4.95. The van der Waals surface area contributed by atoms with E-state index in [0.717, 1.165) is 17.9 Å². The van der Waals surface area contributed by atoms with E-state index in [1.54, 1.807) is 36.0 Å². The van der Waals surface area contributed by atoms with Crippen molar-refractivity contribution >= 4 is 98.9 Å². The Bertz CT molecular complexity index is 1070. The summed E-state index contributed by atoms with van der Waals surface area (Å²) in [5.74, 6) is -0.0640. The van der Waals surface area contributed by atoms with Crippen LogP contribution in [0.5, 0.6) is 0 Å². The van der Waals surface area contributed by atoms with Crippen molar-refractivity contribution in [1.82, 2.24) is 5.32 Å². The number of hydrogen-bond acceptors (Lipinski definition) is 3. The number of benzene rings is 2. The largest absolute Gasteiger partial charge is 0.348 e. The molecule has 2 aromatic rings. The molecule has 2 amide bonds. The zero-order valence-electron chi connectivity index (χ0n) is 16.2. The topological polar surface area (TPSA) is 58.2 Å². The van der Waals surface area contributed by atoms with Gasteiger partial charge in [-0.15, -0.1) is 23.2 Å². The summed E-state index contributed by atoms with van der Waals surface area (Å²) in [4.78, 5) is 25.6. The maximum absolute atomic E-state index is 12.9. The zero-order valence-corrected chi connectivity index (χ0v) is 21.6. The van der Waals surface area contributed by atoms with Crippen molar-refractivity contribution in [3.63, 3.8) is 0 Å². The Morgan fingerprint density at radius 1 is 1.00 bits per heavy atom. The average Bonchev–Trinajstić information content (AvgIpc) is 3.04. The van der Waals surface area contributed by atoms with Crippen LogP contribution >= 0.6 is 81.4 Å². The van der Waals surface area contributed by atoms with Crippen LogP contribution in [0.2, 0.25) is 20.1 Å². The van der Waals surface area contributed by atoms with Gasteiger partial charge in [0.05, 0.1) is 31.6 Å². The standard InChI is InChI=1S/C21H16Cl6N2O2S/c22-13-2-1-10(7-12(13)19(30)29-11-3-4-32-8-11)28-20(31)17-16(21(17,26)27)9-5-14(23)18(25)15(24)6-9/h1-2,5-7,11,16-17H,3-4,8H2,(H,28,31)(H,29,30)/t11?,16-,17+/m1/s1. The summed E-state index contributed by atoms with van der Waals surface area (Å²) < 4.78 is -1.34. The van der Waals surface area contributed by atoms with Gasteiger partial charge in [-0.3, -0.25) is 9.59 Å². The summed E-state index contributed by atoms with van der Waals surface area (Å²) in [5, 5.41) is 6.76. The van der Waals surface area contributed by atoms with Crippen molar-refractivity contribution in [2.75, 3.05) is 16.8 Å². The number of amides is 2. The Labute approximate surface area is 219 Å². The van der Waals surface area contributed by atoms with Crippen LogP contribution in [0.15, 0.2) is 30.3 Å². The van der Waals surface area contributed by atoms with Crippen molar-refractivity contribution < 1.29 is 9.59 Å². The van der Waals surface area contributed by atoms with Gasteiger partial charge in [0.15, 0.2) is 0 Å². The molecule has 1 unspecified atom stereocenters. The van der Waals surface area contributed by atoms with Crippen LogP contribution < -0.4 is 10.6 Å². The number of nitrogens with one attached hydrogen (secondary N) is 2. The molecule has 1 saturated heterocycles. The van der Waals surface area contributed by atoms with Crippen LogP contribution in [0, 0.1) is 5.92 Å². The van der Waals surface area contributed by atoms with E-state index >= 15 is 0 Å². The maximum Gasteiger partial charge on any atom is 0.253 e. The van der Waals surface area contributed by atoms with Gasteiger partial charge in [-0.2, -0.15) is 11.8 Å². The summed E-state index contributed by atoms with van der Waals surface area (Å²) in [5.41, 5.74) is 1.31. The summed E-state index contributed by atoms with van der Waals surface area (Å²) in [6, 6.07) is 8.02. The molecule has 3 atom stereocenters. The number of anilines is 1. The average molecular weight is 573 g/mol. The van der Waals surface area contributed by atoms with Gasteiger partial charge in [0.25, 0.3) is 5.91 Å². The van der Waals surface area contributed by atoms with Crippen LogP contribution in [0.25, 0.3) is 0 Å². The molecule has 32 heavy (non-hydrogen) atoms. The Kier molecular flexibility index (Phi) is 7.39. The minimum atomic E-state index is -1.34. The zero-order chi connectivity index (χ0) is 23.2. The van der Waals surface area contributed by atoms with E-state index in [4.69, 9.17) is 69.6 Å². The molecule has 11 heteroatoms. The van der Waals surface area contributed by atoms with Gasteiger partial charge in [0, 0.05) is 23.4 Å². The Morgan fingerprint density at radius 3 is 2.31 bits per heavy atom. The SMILES string of the molecule is O=C(NC1CCSC1)c1cc(NC(=O)[C@@H]2[C@@H](c3cc(Cl)c(Cl)c(Cl)c3)C2(Cl)Cl)ccc1Cl. The molecular formula is C21H16Cl6N2O2S. The highest BCUT2D eigenvalue weighted by Crippen LogP contribution is 2.65. The lowest BCUT2D eigenvalue weighted by Gasteiger charge is -2.13. The van der Waals surface area contributed by atoms with Crippen LogP contribution in [0.4, 0.5) is 5.69 Å². The third-order valence-corrected chi connectivity index (χ3v) is 9.07.